The molecule has 1 N–H and O–H groups in total. The maximum Gasteiger partial charge on any atom is 0.301 e. The summed E-state index contributed by atoms with van der Waals surface area (Å²) in [7, 11) is 1.58. The number of rotatable bonds is 8. The molecule has 2 aromatic carbocycles. The number of amides is 1. The molecule has 1 atom stereocenters. The average molecular weight is 569 g/mol. The molecular formula is C31H28N4O5S. The van der Waals surface area contributed by atoms with Crippen molar-refractivity contribution in [3.63, 3.8) is 0 Å². The molecule has 5 aromatic rings. The first-order chi connectivity index (χ1) is 19.9. The Hall–Kier alpha value is -4.70. The highest BCUT2D eigenvalue weighted by Crippen LogP contribution is 2.45. The number of unbranched alkanes of at least 4 members (excludes halogenated alkanes) is 1. The predicted molar refractivity (Wildman–Crippen MR) is 158 cm³/mol. The second-order valence-electron chi connectivity index (χ2n) is 9.74. The molecule has 1 fully saturated rings. The van der Waals surface area contributed by atoms with Crippen LogP contribution in [0.2, 0.25) is 0 Å². The Morgan fingerprint density at radius 1 is 1.05 bits per heavy atom. The number of benzene rings is 2. The van der Waals surface area contributed by atoms with Gasteiger partial charge >= 0.3 is 5.91 Å². The van der Waals surface area contributed by atoms with Crippen LogP contribution in [0, 0.1) is 6.92 Å². The molecule has 0 saturated carbocycles. The molecule has 0 radical (unpaired) electrons. The summed E-state index contributed by atoms with van der Waals surface area (Å²) in [5.41, 5.74) is 2.79. The highest BCUT2D eigenvalue weighted by Gasteiger charge is 2.48. The molecule has 0 bridgehead atoms. The quantitative estimate of drug-likeness (QED) is 0.105. The number of aromatic nitrogens is 3. The number of carbonyl (C=O) groups is 2. The molecule has 1 aliphatic rings. The van der Waals surface area contributed by atoms with E-state index < -0.39 is 17.7 Å². The number of aliphatic hydroxyl groups is 1. The van der Waals surface area contributed by atoms with Crippen LogP contribution in [0.25, 0.3) is 21.6 Å². The Balaban J connectivity index is 1.52. The SMILES string of the molecule is CCCCOc1ccc(C2/C(=C(\O)c3c(C)nc4ccccn34)C(=O)C(=O)N2c2nc3ccc(OC)cc3s2)cc1. The predicted octanol–water partition coefficient (Wildman–Crippen LogP) is 6.07. The van der Waals surface area contributed by atoms with E-state index in [1.54, 1.807) is 30.7 Å². The third kappa shape index (κ3) is 4.59. The van der Waals surface area contributed by atoms with E-state index in [0.717, 1.165) is 17.5 Å². The summed E-state index contributed by atoms with van der Waals surface area (Å²) in [5, 5.41) is 12.1. The molecule has 1 amide bonds. The summed E-state index contributed by atoms with van der Waals surface area (Å²) in [6.07, 6.45) is 3.71. The van der Waals surface area contributed by atoms with Crippen molar-refractivity contribution < 1.29 is 24.2 Å². The second-order valence-corrected chi connectivity index (χ2v) is 10.8. The molecule has 1 saturated heterocycles. The van der Waals surface area contributed by atoms with Crippen LogP contribution in [0.4, 0.5) is 5.13 Å². The fourth-order valence-corrected chi connectivity index (χ4v) is 6.10. The molecule has 10 heteroatoms. The number of ketones is 1. The summed E-state index contributed by atoms with van der Waals surface area (Å²) in [5.74, 6) is -0.509. The molecule has 1 aliphatic heterocycles. The molecule has 0 aliphatic carbocycles. The first-order valence-corrected chi connectivity index (χ1v) is 14.1. The van der Waals surface area contributed by atoms with E-state index in [1.165, 1.54) is 16.2 Å². The first-order valence-electron chi connectivity index (χ1n) is 13.3. The van der Waals surface area contributed by atoms with Gasteiger partial charge in [0.2, 0.25) is 0 Å². The Labute approximate surface area is 240 Å². The summed E-state index contributed by atoms with van der Waals surface area (Å²) >= 11 is 1.28. The topological polar surface area (TPSA) is 106 Å². The van der Waals surface area contributed by atoms with Gasteiger partial charge in [0.25, 0.3) is 5.78 Å². The standard InChI is InChI=1S/C31H28N4O5S/c1-4-5-16-40-20-11-9-19(10-12-20)27-25(28(36)26-18(2)32-24-8-6-7-15-34(24)26)29(37)30(38)35(27)31-33-22-14-13-21(39-3)17-23(22)41-31/h6-15,17,27,36H,4-5,16H2,1-3H3/b28-25+. The van der Waals surface area contributed by atoms with Crippen LogP contribution in [0.3, 0.4) is 0 Å². The summed E-state index contributed by atoms with van der Waals surface area (Å²) in [4.78, 5) is 38.0. The fraction of sp³-hybridized carbons (Fsp3) is 0.226. The fourth-order valence-electron chi connectivity index (χ4n) is 5.08. The molecular weight excluding hydrogens is 540 g/mol. The molecule has 1 unspecified atom stereocenters. The van der Waals surface area contributed by atoms with Crippen molar-refractivity contribution in [1.82, 2.24) is 14.4 Å². The van der Waals surface area contributed by atoms with E-state index in [4.69, 9.17) is 14.5 Å². The second kappa shape index (κ2) is 10.7. The van der Waals surface area contributed by atoms with Crippen molar-refractivity contribution in [3.8, 4) is 11.5 Å². The minimum atomic E-state index is -0.921. The zero-order valence-corrected chi connectivity index (χ0v) is 23.6. The van der Waals surface area contributed by atoms with Crippen molar-refractivity contribution in [3.05, 3.63) is 89.4 Å². The smallest absolute Gasteiger partial charge is 0.301 e. The molecule has 0 spiro atoms. The Morgan fingerprint density at radius 2 is 1.83 bits per heavy atom. The maximum atomic E-state index is 13.7. The van der Waals surface area contributed by atoms with E-state index >= 15 is 0 Å². The van der Waals surface area contributed by atoms with Gasteiger partial charge in [0.15, 0.2) is 10.9 Å². The van der Waals surface area contributed by atoms with Gasteiger partial charge in [0, 0.05) is 6.20 Å². The Bertz CT molecular complexity index is 1820. The number of Topliss-reactive ketones (excluding diaryl/α,β-unsaturated/α-hetero) is 1. The lowest BCUT2D eigenvalue weighted by Gasteiger charge is -2.23. The van der Waals surface area contributed by atoms with E-state index in [-0.39, 0.29) is 11.3 Å². The summed E-state index contributed by atoms with van der Waals surface area (Å²) in [6, 6.07) is 17.2. The number of ether oxygens (including phenoxy) is 2. The van der Waals surface area contributed by atoms with E-state index in [0.29, 0.717) is 51.4 Å². The van der Waals surface area contributed by atoms with E-state index in [9.17, 15) is 14.7 Å². The van der Waals surface area contributed by atoms with Crippen LogP contribution in [-0.4, -0.2) is 44.9 Å². The van der Waals surface area contributed by atoms with Gasteiger partial charge in [-0.2, -0.15) is 0 Å². The zero-order valence-electron chi connectivity index (χ0n) is 22.8. The molecule has 6 rings (SSSR count). The van der Waals surface area contributed by atoms with Gasteiger partial charge in [0.1, 0.15) is 22.8 Å². The Kier molecular flexibility index (Phi) is 6.92. The van der Waals surface area contributed by atoms with E-state index in [1.807, 2.05) is 54.6 Å². The number of aryl methyl sites for hydroxylation is 1. The zero-order chi connectivity index (χ0) is 28.7. The van der Waals surface area contributed by atoms with Crippen LogP contribution in [0.1, 0.15) is 42.8 Å². The van der Waals surface area contributed by atoms with Gasteiger partial charge in [-0.3, -0.25) is 18.9 Å². The third-order valence-corrected chi connectivity index (χ3v) is 8.14. The van der Waals surface area contributed by atoms with Crippen LogP contribution < -0.4 is 14.4 Å². The number of anilines is 1. The first kappa shape index (κ1) is 26.5. The number of fused-ring (bicyclic) bond motifs is 2. The number of imidazole rings is 1. The number of carbonyl (C=O) groups excluding carboxylic acids is 2. The summed E-state index contributed by atoms with van der Waals surface area (Å²) < 4.78 is 13.7. The van der Waals surface area contributed by atoms with Gasteiger partial charge in [-0.1, -0.05) is 42.9 Å². The van der Waals surface area contributed by atoms with Crippen LogP contribution in [-0.2, 0) is 9.59 Å². The van der Waals surface area contributed by atoms with Gasteiger partial charge in [-0.05, 0) is 61.4 Å². The lowest BCUT2D eigenvalue weighted by atomic mass is 9.96. The van der Waals surface area contributed by atoms with Crippen LogP contribution in [0.15, 0.2) is 72.4 Å². The number of methoxy groups -OCH3 is 1. The number of thiazole rings is 1. The van der Waals surface area contributed by atoms with Crippen LogP contribution >= 0.6 is 11.3 Å². The monoisotopic (exact) mass is 568 g/mol. The maximum absolute atomic E-state index is 13.7. The molecule has 9 nitrogen and oxygen atoms in total. The number of aliphatic hydroxyl groups excluding tert-OH is 1. The minimum Gasteiger partial charge on any atom is -0.505 e. The minimum absolute atomic E-state index is 0.0276. The average Bonchev–Trinajstić information content (AvgIpc) is 3.63. The van der Waals surface area contributed by atoms with Crippen molar-refractivity contribution in [2.24, 2.45) is 0 Å². The Morgan fingerprint density at radius 3 is 2.59 bits per heavy atom. The molecule has 208 valence electrons. The summed E-state index contributed by atoms with van der Waals surface area (Å²) in [6.45, 7) is 4.45. The van der Waals surface area contributed by atoms with Crippen molar-refractivity contribution in [1.29, 1.82) is 0 Å². The molecule has 4 heterocycles. The van der Waals surface area contributed by atoms with Gasteiger partial charge in [-0.15, -0.1) is 0 Å². The highest BCUT2D eigenvalue weighted by atomic mass is 32.1. The van der Waals surface area contributed by atoms with Gasteiger partial charge in [-0.25, -0.2) is 9.97 Å². The largest absolute Gasteiger partial charge is 0.505 e. The number of hydrogen-bond acceptors (Lipinski definition) is 8. The van der Waals surface area contributed by atoms with Gasteiger partial charge in [0.05, 0.1) is 41.2 Å². The highest BCUT2D eigenvalue weighted by molar-refractivity contribution is 7.22. The number of nitrogens with zero attached hydrogens (tertiary/aromatic N) is 4. The number of pyridine rings is 1. The van der Waals surface area contributed by atoms with Crippen molar-refractivity contribution >= 4 is 49.8 Å². The normalized spacial score (nSPS) is 16.7. The molecule has 3 aromatic heterocycles. The van der Waals surface area contributed by atoms with E-state index in [2.05, 4.69) is 11.9 Å². The number of hydrogen-bond donors (Lipinski definition) is 1. The van der Waals surface area contributed by atoms with Crippen molar-refractivity contribution in [2.45, 2.75) is 32.7 Å². The molecule has 41 heavy (non-hydrogen) atoms. The lowest BCUT2D eigenvalue weighted by molar-refractivity contribution is -0.132. The lowest BCUT2D eigenvalue weighted by Crippen LogP contribution is -2.29. The van der Waals surface area contributed by atoms with Crippen molar-refractivity contribution in [2.75, 3.05) is 18.6 Å². The third-order valence-electron chi connectivity index (χ3n) is 7.13. The van der Waals surface area contributed by atoms with Crippen LogP contribution in [0.5, 0.6) is 11.5 Å². The van der Waals surface area contributed by atoms with Gasteiger partial charge < -0.3 is 14.6 Å².